The molecule has 1 fully saturated rings. The number of anilines is 3. The monoisotopic (exact) mass is 293 g/mol. The summed E-state index contributed by atoms with van der Waals surface area (Å²) >= 11 is 0. The fraction of sp³-hybridized carbons (Fsp3) is 0.786. The van der Waals surface area contributed by atoms with Crippen LogP contribution in [0.3, 0.4) is 0 Å². The van der Waals surface area contributed by atoms with E-state index >= 15 is 0 Å². The highest BCUT2D eigenvalue weighted by molar-refractivity contribution is 5.44. The van der Waals surface area contributed by atoms with Gasteiger partial charge in [0.05, 0.1) is 0 Å². The van der Waals surface area contributed by atoms with E-state index in [4.69, 9.17) is 5.84 Å². The Kier molecular flexibility index (Phi) is 5.55. The molecular weight excluding hydrogens is 266 g/mol. The Hall–Kier alpha value is -1.63. The molecule has 1 unspecified atom stereocenters. The second-order valence-electron chi connectivity index (χ2n) is 5.85. The fourth-order valence-corrected chi connectivity index (χ4v) is 2.50. The highest BCUT2D eigenvalue weighted by atomic mass is 15.4. The number of rotatable bonds is 6. The Bertz CT molecular complexity index is 445. The van der Waals surface area contributed by atoms with Crippen molar-refractivity contribution in [2.24, 2.45) is 11.8 Å². The number of nitrogens with one attached hydrogen (secondary N) is 1. The summed E-state index contributed by atoms with van der Waals surface area (Å²) in [7, 11) is 2.02. The number of aromatic nitrogens is 3. The molecule has 1 saturated heterocycles. The van der Waals surface area contributed by atoms with Gasteiger partial charge in [0.25, 0.3) is 0 Å². The number of piperidine rings is 1. The summed E-state index contributed by atoms with van der Waals surface area (Å²) in [5.41, 5.74) is 2.55. The first-order valence-corrected chi connectivity index (χ1v) is 7.82. The van der Waals surface area contributed by atoms with Gasteiger partial charge in [0, 0.05) is 26.7 Å². The van der Waals surface area contributed by atoms with Crippen LogP contribution in [0, 0.1) is 5.92 Å². The van der Waals surface area contributed by atoms with E-state index < -0.39 is 0 Å². The molecule has 21 heavy (non-hydrogen) atoms. The summed E-state index contributed by atoms with van der Waals surface area (Å²) in [6, 6.07) is 0. The third-order valence-electron chi connectivity index (χ3n) is 4.00. The summed E-state index contributed by atoms with van der Waals surface area (Å²) in [5, 5.41) is 0. The predicted octanol–water partition coefficient (Wildman–Crippen LogP) is 1.63. The van der Waals surface area contributed by atoms with Crippen LogP contribution in [-0.2, 0) is 0 Å². The van der Waals surface area contributed by atoms with Crippen LogP contribution in [0.5, 0.6) is 0 Å². The molecule has 2 rings (SSSR count). The Balaban J connectivity index is 2.20. The summed E-state index contributed by atoms with van der Waals surface area (Å²) in [4.78, 5) is 17.7. The predicted molar refractivity (Wildman–Crippen MR) is 86.4 cm³/mol. The average molecular weight is 293 g/mol. The van der Waals surface area contributed by atoms with Crippen LogP contribution in [0.1, 0.15) is 39.5 Å². The Labute approximate surface area is 126 Å². The maximum atomic E-state index is 5.50. The molecule has 1 atom stereocenters. The maximum Gasteiger partial charge on any atom is 0.243 e. The molecule has 0 radical (unpaired) electrons. The summed E-state index contributed by atoms with van der Waals surface area (Å²) in [5.74, 6) is 7.93. The van der Waals surface area contributed by atoms with Gasteiger partial charge in [0.1, 0.15) is 0 Å². The van der Waals surface area contributed by atoms with Gasteiger partial charge < -0.3 is 9.80 Å². The highest BCUT2D eigenvalue weighted by Crippen LogP contribution is 2.20. The average Bonchev–Trinajstić information content (AvgIpc) is 2.54. The molecular formula is C14H27N7. The van der Waals surface area contributed by atoms with Crippen molar-refractivity contribution < 1.29 is 0 Å². The molecule has 0 aromatic carbocycles. The minimum absolute atomic E-state index is 0.427. The normalized spacial score (nSPS) is 16.7. The first kappa shape index (κ1) is 15.8. The minimum Gasteiger partial charge on any atom is -0.343 e. The zero-order valence-electron chi connectivity index (χ0n) is 13.3. The van der Waals surface area contributed by atoms with E-state index in [1.807, 2.05) is 7.05 Å². The standard InChI is InChI=1S/C14H27N7/c1-4-11(2)10-20(3)13-16-12(19-15)17-14(18-13)21-8-6-5-7-9-21/h11H,4-10,15H2,1-3H3,(H,16,17,18,19). The molecule has 2 heterocycles. The second kappa shape index (κ2) is 7.40. The van der Waals surface area contributed by atoms with Gasteiger partial charge in [-0.2, -0.15) is 15.0 Å². The molecule has 1 aromatic rings. The molecule has 1 aliphatic rings. The molecule has 118 valence electrons. The van der Waals surface area contributed by atoms with Crippen LogP contribution in [-0.4, -0.2) is 41.6 Å². The van der Waals surface area contributed by atoms with E-state index in [1.165, 1.54) is 19.3 Å². The van der Waals surface area contributed by atoms with E-state index in [2.05, 4.69) is 44.0 Å². The van der Waals surface area contributed by atoms with Gasteiger partial charge in [-0.3, -0.25) is 5.43 Å². The quantitative estimate of drug-likeness (QED) is 0.609. The van der Waals surface area contributed by atoms with Crippen molar-refractivity contribution in [2.75, 3.05) is 41.9 Å². The lowest BCUT2D eigenvalue weighted by Crippen LogP contribution is -2.33. The third kappa shape index (κ3) is 4.17. The minimum atomic E-state index is 0.427. The lowest BCUT2D eigenvalue weighted by molar-refractivity contribution is 0.551. The number of hydrogen-bond donors (Lipinski definition) is 2. The molecule has 7 nitrogen and oxygen atoms in total. The molecule has 0 saturated carbocycles. The van der Waals surface area contributed by atoms with E-state index in [-0.39, 0.29) is 0 Å². The maximum absolute atomic E-state index is 5.50. The van der Waals surface area contributed by atoms with Crippen molar-refractivity contribution in [2.45, 2.75) is 39.5 Å². The van der Waals surface area contributed by atoms with Gasteiger partial charge in [-0.15, -0.1) is 0 Å². The summed E-state index contributed by atoms with van der Waals surface area (Å²) < 4.78 is 0. The molecule has 0 spiro atoms. The van der Waals surface area contributed by atoms with E-state index in [9.17, 15) is 0 Å². The molecule has 1 aromatic heterocycles. The van der Waals surface area contributed by atoms with Crippen LogP contribution in [0.15, 0.2) is 0 Å². The zero-order valence-corrected chi connectivity index (χ0v) is 13.3. The van der Waals surface area contributed by atoms with E-state index in [1.54, 1.807) is 0 Å². The second-order valence-corrected chi connectivity index (χ2v) is 5.85. The van der Waals surface area contributed by atoms with Gasteiger partial charge in [0.2, 0.25) is 17.8 Å². The van der Waals surface area contributed by atoms with Crippen LogP contribution >= 0.6 is 0 Å². The number of nitrogens with zero attached hydrogens (tertiary/aromatic N) is 5. The van der Waals surface area contributed by atoms with Crippen molar-refractivity contribution in [1.82, 2.24) is 15.0 Å². The Morgan fingerprint density at radius 1 is 1.24 bits per heavy atom. The van der Waals surface area contributed by atoms with Crippen molar-refractivity contribution in [1.29, 1.82) is 0 Å². The van der Waals surface area contributed by atoms with Crippen LogP contribution in [0.4, 0.5) is 17.8 Å². The largest absolute Gasteiger partial charge is 0.343 e. The lowest BCUT2D eigenvalue weighted by atomic mass is 10.1. The first-order chi connectivity index (χ1) is 10.1. The number of nitrogens with two attached hydrogens (primary N) is 1. The zero-order chi connectivity index (χ0) is 15.2. The van der Waals surface area contributed by atoms with E-state index in [0.29, 0.717) is 17.8 Å². The van der Waals surface area contributed by atoms with Crippen molar-refractivity contribution in [3.63, 3.8) is 0 Å². The number of hydrogen-bond acceptors (Lipinski definition) is 7. The SMILES string of the molecule is CCC(C)CN(C)c1nc(NN)nc(N2CCCCC2)n1. The number of nitrogen functional groups attached to an aromatic ring is 1. The molecule has 3 N–H and O–H groups in total. The molecule has 1 aliphatic heterocycles. The summed E-state index contributed by atoms with van der Waals surface area (Å²) in [6.45, 7) is 7.35. The summed E-state index contributed by atoms with van der Waals surface area (Å²) in [6.07, 6.45) is 4.80. The van der Waals surface area contributed by atoms with Gasteiger partial charge >= 0.3 is 0 Å². The molecule has 7 heteroatoms. The van der Waals surface area contributed by atoms with Crippen LogP contribution in [0.2, 0.25) is 0 Å². The molecule has 0 amide bonds. The van der Waals surface area contributed by atoms with Crippen LogP contribution < -0.4 is 21.1 Å². The van der Waals surface area contributed by atoms with E-state index in [0.717, 1.165) is 32.0 Å². The van der Waals surface area contributed by atoms with Gasteiger partial charge in [0.15, 0.2) is 0 Å². The van der Waals surface area contributed by atoms with Crippen LogP contribution in [0.25, 0.3) is 0 Å². The van der Waals surface area contributed by atoms with Gasteiger partial charge in [-0.1, -0.05) is 20.3 Å². The van der Waals surface area contributed by atoms with Gasteiger partial charge in [-0.05, 0) is 25.2 Å². The topological polar surface area (TPSA) is 83.2 Å². The fourth-order valence-electron chi connectivity index (χ4n) is 2.50. The highest BCUT2D eigenvalue weighted by Gasteiger charge is 2.18. The Morgan fingerprint density at radius 3 is 2.57 bits per heavy atom. The first-order valence-electron chi connectivity index (χ1n) is 7.82. The lowest BCUT2D eigenvalue weighted by Gasteiger charge is -2.28. The smallest absolute Gasteiger partial charge is 0.243 e. The molecule has 0 aliphatic carbocycles. The molecule has 0 bridgehead atoms. The third-order valence-corrected chi connectivity index (χ3v) is 4.00. The number of hydrazine groups is 1. The van der Waals surface area contributed by atoms with Crippen molar-refractivity contribution in [3.05, 3.63) is 0 Å². The Morgan fingerprint density at radius 2 is 1.95 bits per heavy atom. The van der Waals surface area contributed by atoms with Crippen molar-refractivity contribution in [3.8, 4) is 0 Å². The van der Waals surface area contributed by atoms with Crippen molar-refractivity contribution >= 4 is 17.8 Å². The van der Waals surface area contributed by atoms with Gasteiger partial charge in [-0.25, -0.2) is 5.84 Å².